The summed E-state index contributed by atoms with van der Waals surface area (Å²) in [4.78, 5) is 2.30. The van der Waals surface area contributed by atoms with Gasteiger partial charge in [-0.15, -0.1) is 0 Å². The lowest BCUT2D eigenvalue weighted by Crippen LogP contribution is -2.42. The SMILES string of the molecule is C[C@H](CCc1ccccc1)N1C(=S)N[C@@H]2C=C(Cl)C=C[C@H]21. The number of allylic oxidation sites excluding steroid dienone is 2. The Hall–Kier alpha value is -1.32. The molecule has 0 aromatic heterocycles. The minimum absolute atomic E-state index is 0.203. The van der Waals surface area contributed by atoms with E-state index in [1.54, 1.807) is 0 Å². The number of hydrogen-bond donors (Lipinski definition) is 1. The lowest BCUT2D eigenvalue weighted by Gasteiger charge is -2.31. The summed E-state index contributed by atoms with van der Waals surface area (Å²) in [6.07, 6.45) is 8.31. The molecule has 1 fully saturated rings. The van der Waals surface area contributed by atoms with Crippen LogP contribution in [0.1, 0.15) is 18.9 Å². The topological polar surface area (TPSA) is 15.3 Å². The molecule has 0 amide bonds. The molecule has 4 heteroatoms. The number of nitrogens with one attached hydrogen (secondary N) is 1. The second kappa shape index (κ2) is 6.20. The van der Waals surface area contributed by atoms with Gasteiger partial charge in [-0.05, 0) is 49.7 Å². The number of hydrogen-bond acceptors (Lipinski definition) is 1. The molecule has 110 valence electrons. The molecule has 2 aliphatic rings. The fraction of sp³-hybridized carbons (Fsp3) is 0.353. The third-order valence-corrected chi connectivity index (χ3v) is 4.75. The average molecular weight is 319 g/mol. The quantitative estimate of drug-likeness (QED) is 0.854. The summed E-state index contributed by atoms with van der Waals surface area (Å²) in [5, 5.41) is 4.97. The second-order valence-electron chi connectivity index (χ2n) is 5.66. The van der Waals surface area contributed by atoms with E-state index in [-0.39, 0.29) is 12.1 Å². The van der Waals surface area contributed by atoms with E-state index in [2.05, 4.69) is 53.5 Å². The zero-order valence-electron chi connectivity index (χ0n) is 12.0. The molecule has 1 heterocycles. The molecule has 1 aromatic carbocycles. The number of nitrogens with zero attached hydrogens (tertiary/aromatic N) is 1. The van der Waals surface area contributed by atoms with E-state index in [0.29, 0.717) is 6.04 Å². The van der Waals surface area contributed by atoms with E-state index in [9.17, 15) is 0 Å². The van der Waals surface area contributed by atoms with E-state index < -0.39 is 0 Å². The summed E-state index contributed by atoms with van der Waals surface area (Å²) in [6.45, 7) is 2.24. The average Bonchev–Trinajstić information content (AvgIpc) is 2.81. The van der Waals surface area contributed by atoms with Crippen LogP contribution in [0, 0.1) is 0 Å². The maximum Gasteiger partial charge on any atom is 0.170 e. The third-order valence-electron chi connectivity index (χ3n) is 4.17. The minimum Gasteiger partial charge on any atom is -0.354 e. The van der Waals surface area contributed by atoms with E-state index in [0.717, 1.165) is 23.0 Å². The summed E-state index contributed by atoms with van der Waals surface area (Å²) in [6, 6.07) is 11.5. The Kier molecular flexibility index (Phi) is 4.32. The lowest BCUT2D eigenvalue weighted by atomic mass is 10.00. The normalized spacial score (nSPS) is 25.3. The summed E-state index contributed by atoms with van der Waals surface area (Å²) < 4.78 is 0. The van der Waals surface area contributed by atoms with Gasteiger partial charge in [-0.25, -0.2) is 0 Å². The van der Waals surface area contributed by atoms with Crippen molar-refractivity contribution in [2.75, 3.05) is 0 Å². The molecule has 0 radical (unpaired) electrons. The number of aryl methyl sites for hydroxylation is 1. The van der Waals surface area contributed by atoms with E-state index in [1.165, 1.54) is 5.56 Å². The number of fused-ring (bicyclic) bond motifs is 1. The Morgan fingerprint density at radius 1 is 1.33 bits per heavy atom. The molecule has 1 aliphatic carbocycles. The first-order valence-electron chi connectivity index (χ1n) is 7.33. The Balaban J connectivity index is 1.66. The van der Waals surface area contributed by atoms with Gasteiger partial charge in [0.05, 0.1) is 12.1 Å². The number of halogens is 1. The number of rotatable bonds is 4. The molecule has 1 saturated heterocycles. The molecule has 0 spiro atoms. The van der Waals surface area contributed by atoms with Crippen LogP contribution in [0.15, 0.2) is 53.6 Å². The van der Waals surface area contributed by atoms with Gasteiger partial charge in [0.25, 0.3) is 0 Å². The summed E-state index contributed by atoms with van der Waals surface area (Å²) in [5.41, 5.74) is 1.38. The Labute approximate surface area is 136 Å². The van der Waals surface area contributed by atoms with Crippen molar-refractivity contribution in [3.63, 3.8) is 0 Å². The number of benzene rings is 1. The lowest BCUT2D eigenvalue weighted by molar-refractivity contribution is 0.290. The Morgan fingerprint density at radius 2 is 2.10 bits per heavy atom. The first-order valence-corrected chi connectivity index (χ1v) is 8.12. The van der Waals surface area contributed by atoms with Crippen LogP contribution in [-0.4, -0.2) is 28.1 Å². The minimum atomic E-state index is 0.203. The van der Waals surface area contributed by atoms with Gasteiger partial charge in [0, 0.05) is 11.1 Å². The first kappa shape index (κ1) is 14.6. The highest BCUT2D eigenvalue weighted by molar-refractivity contribution is 7.80. The highest BCUT2D eigenvalue weighted by atomic mass is 35.5. The summed E-state index contributed by atoms with van der Waals surface area (Å²) in [5.74, 6) is 0. The molecule has 0 saturated carbocycles. The molecule has 3 atom stereocenters. The fourth-order valence-corrected chi connectivity index (χ4v) is 3.68. The van der Waals surface area contributed by atoms with E-state index in [4.69, 9.17) is 23.8 Å². The van der Waals surface area contributed by atoms with Crippen LogP contribution in [0.2, 0.25) is 0 Å². The van der Waals surface area contributed by atoms with Gasteiger partial charge in [0.2, 0.25) is 0 Å². The van der Waals surface area contributed by atoms with E-state index >= 15 is 0 Å². The van der Waals surface area contributed by atoms with E-state index in [1.807, 2.05) is 12.2 Å². The van der Waals surface area contributed by atoms with Crippen LogP contribution in [0.25, 0.3) is 0 Å². The smallest absolute Gasteiger partial charge is 0.170 e. The van der Waals surface area contributed by atoms with Crippen LogP contribution >= 0.6 is 23.8 Å². The standard InChI is InChI=1S/C17H19ClN2S/c1-12(7-8-13-5-3-2-4-6-13)20-16-10-9-14(18)11-15(16)19-17(20)21/h2-6,9-12,15-16H,7-8H2,1H3,(H,19,21)/t12-,15-,16-/m1/s1. The highest BCUT2D eigenvalue weighted by Crippen LogP contribution is 2.27. The van der Waals surface area contributed by atoms with Crippen LogP contribution in [0.4, 0.5) is 0 Å². The van der Waals surface area contributed by atoms with Crippen molar-refractivity contribution in [3.05, 3.63) is 59.2 Å². The van der Waals surface area contributed by atoms with Crippen molar-refractivity contribution in [1.82, 2.24) is 10.2 Å². The second-order valence-corrected chi connectivity index (χ2v) is 6.48. The maximum atomic E-state index is 6.07. The first-order chi connectivity index (χ1) is 10.1. The molecule has 2 nitrogen and oxygen atoms in total. The predicted octanol–water partition coefficient (Wildman–Crippen LogP) is 3.63. The molecule has 3 rings (SSSR count). The zero-order valence-corrected chi connectivity index (χ0v) is 13.6. The molecule has 1 aliphatic heterocycles. The van der Waals surface area contributed by atoms with Crippen molar-refractivity contribution >= 4 is 28.9 Å². The number of thiocarbonyl (C=S) groups is 1. The Morgan fingerprint density at radius 3 is 2.86 bits per heavy atom. The predicted molar refractivity (Wildman–Crippen MR) is 92.4 cm³/mol. The summed E-state index contributed by atoms with van der Waals surface area (Å²) >= 11 is 11.6. The van der Waals surface area contributed by atoms with Crippen LogP contribution < -0.4 is 5.32 Å². The van der Waals surface area contributed by atoms with Gasteiger partial charge in [-0.1, -0.05) is 48.0 Å². The van der Waals surface area contributed by atoms with Gasteiger partial charge >= 0.3 is 0 Å². The molecule has 0 bridgehead atoms. The van der Waals surface area contributed by atoms with Crippen LogP contribution in [-0.2, 0) is 6.42 Å². The summed E-state index contributed by atoms with van der Waals surface area (Å²) in [7, 11) is 0. The van der Waals surface area contributed by atoms with Crippen molar-refractivity contribution in [2.24, 2.45) is 0 Å². The molecular weight excluding hydrogens is 300 g/mol. The van der Waals surface area contributed by atoms with Crippen molar-refractivity contribution in [1.29, 1.82) is 0 Å². The van der Waals surface area contributed by atoms with Crippen LogP contribution in [0.3, 0.4) is 0 Å². The molecule has 1 N–H and O–H groups in total. The molecular formula is C17H19ClN2S. The zero-order chi connectivity index (χ0) is 14.8. The van der Waals surface area contributed by atoms with Crippen LogP contribution in [0.5, 0.6) is 0 Å². The van der Waals surface area contributed by atoms with Gasteiger partial charge in [-0.2, -0.15) is 0 Å². The Bertz CT molecular complexity index is 582. The monoisotopic (exact) mass is 318 g/mol. The van der Waals surface area contributed by atoms with Gasteiger partial charge in [0.1, 0.15) is 0 Å². The van der Waals surface area contributed by atoms with Gasteiger partial charge in [0.15, 0.2) is 5.11 Å². The van der Waals surface area contributed by atoms with Gasteiger partial charge < -0.3 is 10.2 Å². The van der Waals surface area contributed by atoms with Crippen molar-refractivity contribution in [2.45, 2.75) is 37.9 Å². The van der Waals surface area contributed by atoms with Crippen molar-refractivity contribution < 1.29 is 0 Å². The fourth-order valence-electron chi connectivity index (χ4n) is 3.03. The van der Waals surface area contributed by atoms with Crippen molar-refractivity contribution in [3.8, 4) is 0 Å². The molecule has 21 heavy (non-hydrogen) atoms. The highest BCUT2D eigenvalue weighted by Gasteiger charge is 2.37. The molecule has 1 aromatic rings. The van der Waals surface area contributed by atoms with Gasteiger partial charge in [-0.3, -0.25) is 0 Å². The third kappa shape index (κ3) is 3.14. The molecule has 0 unspecified atom stereocenters. The largest absolute Gasteiger partial charge is 0.354 e. The maximum absolute atomic E-state index is 6.07.